The van der Waals surface area contributed by atoms with Gasteiger partial charge in [0.2, 0.25) is 0 Å². The zero-order valence-corrected chi connectivity index (χ0v) is 8.70. The number of benzene rings is 1. The maximum Gasteiger partial charge on any atom is 0.252 e. The van der Waals surface area contributed by atoms with Gasteiger partial charge in [0.15, 0.2) is 0 Å². The SMILES string of the molecule is Cc1cccc(C=Nc2ncncn2)c1O. The maximum atomic E-state index is 9.73. The number of hydrogen-bond donors (Lipinski definition) is 1. The van der Waals surface area contributed by atoms with E-state index < -0.39 is 0 Å². The minimum absolute atomic E-state index is 0.223. The van der Waals surface area contributed by atoms with E-state index in [0.29, 0.717) is 11.5 Å². The highest BCUT2D eigenvalue weighted by Gasteiger charge is 2.00. The third-order valence-corrected chi connectivity index (χ3v) is 2.07. The molecule has 0 saturated carbocycles. The Balaban J connectivity index is 2.28. The van der Waals surface area contributed by atoms with Crippen LogP contribution in [0, 0.1) is 6.92 Å². The summed E-state index contributed by atoms with van der Waals surface area (Å²) < 4.78 is 0. The molecule has 16 heavy (non-hydrogen) atoms. The van der Waals surface area contributed by atoms with Crippen LogP contribution in [0.1, 0.15) is 11.1 Å². The van der Waals surface area contributed by atoms with E-state index >= 15 is 0 Å². The monoisotopic (exact) mass is 214 g/mol. The summed E-state index contributed by atoms with van der Waals surface area (Å²) >= 11 is 0. The van der Waals surface area contributed by atoms with Crippen LogP contribution in [0.2, 0.25) is 0 Å². The van der Waals surface area contributed by atoms with Gasteiger partial charge in [0.25, 0.3) is 5.95 Å². The van der Waals surface area contributed by atoms with E-state index in [-0.39, 0.29) is 5.75 Å². The smallest absolute Gasteiger partial charge is 0.252 e. The fourth-order valence-corrected chi connectivity index (χ4v) is 1.21. The summed E-state index contributed by atoms with van der Waals surface area (Å²) in [4.78, 5) is 15.4. The Kier molecular flexibility index (Phi) is 2.86. The Morgan fingerprint density at radius 3 is 2.75 bits per heavy atom. The summed E-state index contributed by atoms with van der Waals surface area (Å²) in [5.41, 5.74) is 1.44. The fraction of sp³-hybridized carbons (Fsp3) is 0.0909. The van der Waals surface area contributed by atoms with Crippen LogP contribution in [-0.4, -0.2) is 26.3 Å². The summed E-state index contributed by atoms with van der Waals surface area (Å²) in [6.45, 7) is 1.83. The third-order valence-electron chi connectivity index (χ3n) is 2.07. The van der Waals surface area contributed by atoms with Crippen LogP contribution in [0.3, 0.4) is 0 Å². The summed E-state index contributed by atoms with van der Waals surface area (Å²) in [6, 6.07) is 5.45. The quantitative estimate of drug-likeness (QED) is 0.771. The highest BCUT2D eigenvalue weighted by atomic mass is 16.3. The van der Waals surface area contributed by atoms with Gasteiger partial charge in [-0.25, -0.2) is 9.98 Å². The maximum absolute atomic E-state index is 9.73. The summed E-state index contributed by atoms with van der Waals surface area (Å²) in [7, 11) is 0. The van der Waals surface area contributed by atoms with Crippen molar-refractivity contribution in [1.82, 2.24) is 15.0 Å². The van der Waals surface area contributed by atoms with Crippen LogP contribution in [0.25, 0.3) is 0 Å². The second kappa shape index (κ2) is 4.48. The van der Waals surface area contributed by atoms with Crippen molar-refractivity contribution in [1.29, 1.82) is 0 Å². The third kappa shape index (κ3) is 2.20. The molecular formula is C11H10N4O. The molecule has 5 heteroatoms. The number of aliphatic imine (C=N–C) groups is 1. The van der Waals surface area contributed by atoms with Crippen molar-refractivity contribution in [3.63, 3.8) is 0 Å². The van der Waals surface area contributed by atoms with E-state index in [1.807, 2.05) is 19.1 Å². The Morgan fingerprint density at radius 2 is 2.00 bits per heavy atom. The highest BCUT2D eigenvalue weighted by molar-refractivity contribution is 5.85. The zero-order chi connectivity index (χ0) is 11.4. The second-order valence-corrected chi connectivity index (χ2v) is 3.21. The van der Waals surface area contributed by atoms with E-state index in [1.54, 1.807) is 6.07 Å². The fourth-order valence-electron chi connectivity index (χ4n) is 1.21. The van der Waals surface area contributed by atoms with Gasteiger partial charge in [-0.1, -0.05) is 12.1 Å². The molecule has 0 aliphatic carbocycles. The summed E-state index contributed by atoms with van der Waals surface area (Å²) in [5.74, 6) is 0.538. The van der Waals surface area contributed by atoms with Crippen molar-refractivity contribution in [3.05, 3.63) is 42.0 Å². The number of phenolic OH excluding ortho intramolecular Hbond substituents is 1. The molecule has 1 N–H and O–H groups in total. The molecular weight excluding hydrogens is 204 g/mol. The number of para-hydroxylation sites is 1. The number of aromatic nitrogens is 3. The molecule has 0 aliphatic heterocycles. The molecule has 0 radical (unpaired) electrons. The molecule has 0 bridgehead atoms. The number of phenols is 1. The summed E-state index contributed by atoms with van der Waals surface area (Å²) in [6.07, 6.45) is 4.27. The van der Waals surface area contributed by atoms with Crippen molar-refractivity contribution in [2.75, 3.05) is 0 Å². The van der Waals surface area contributed by atoms with Crippen LogP contribution in [0.15, 0.2) is 35.8 Å². The number of nitrogens with zero attached hydrogens (tertiary/aromatic N) is 4. The first-order chi connectivity index (χ1) is 7.77. The first-order valence-electron chi connectivity index (χ1n) is 4.72. The van der Waals surface area contributed by atoms with E-state index in [4.69, 9.17) is 0 Å². The van der Waals surface area contributed by atoms with Gasteiger partial charge in [0.1, 0.15) is 18.4 Å². The van der Waals surface area contributed by atoms with E-state index in [9.17, 15) is 5.11 Å². The van der Waals surface area contributed by atoms with Crippen molar-refractivity contribution < 1.29 is 5.11 Å². The average molecular weight is 214 g/mol. The number of aryl methyl sites for hydroxylation is 1. The molecule has 5 nitrogen and oxygen atoms in total. The van der Waals surface area contributed by atoms with E-state index in [1.165, 1.54) is 18.9 Å². The number of hydrogen-bond acceptors (Lipinski definition) is 5. The van der Waals surface area contributed by atoms with Crippen molar-refractivity contribution in [3.8, 4) is 5.75 Å². The molecule has 2 aromatic rings. The van der Waals surface area contributed by atoms with Gasteiger partial charge in [0, 0.05) is 11.8 Å². The average Bonchev–Trinajstić information content (AvgIpc) is 2.32. The van der Waals surface area contributed by atoms with E-state index in [0.717, 1.165) is 5.56 Å². The minimum atomic E-state index is 0.223. The normalized spacial score (nSPS) is 10.8. The molecule has 0 amide bonds. The van der Waals surface area contributed by atoms with Gasteiger partial charge in [0.05, 0.1) is 0 Å². The Labute approximate surface area is 92.6 Å². The molecule has 0 atom stereocenters. The molecule has 1 aromatic carbocycles. The topological polar surface area (TPSA) is 71.3 Å². The Hall–Kier alpha value is -2.30. The first kappa shape index (κ1) is 10.2. The molecule has 2 rings (SSSR count). The van der Waals surface area contributed by atoms with Gasteiger partial charge >= 0.3 is 0 Å². The molecule has 0 unspecified atom stereocenters. The Morgan fingerprint density at radius 1 is 1.25 bits per heavy atom. The lowest BCUT2D eigenvalue weighted by atomic mass is 10.1. The second-order valence-electron chi connectivity index (χ2n) is 3.21. The lowest BCUT2D eigenvalue weighted by molar-refractivity contribution is 0.470. The lowest BCUT2D eigenvalue weighted by Crippen LogP contribution is -1.86. The predicted octanol–water partition coefficient (Wildman–Crippen LogP) is 1.64. The minimum Gasteiger partial charge on any atom is -0.507 e. The predicted molar refractivity (Wildman–Crippen MR) is 59.9 cm³/mol. The largest absolute Gasteiger partial charge is 0.507 e. The van der Waals surface area contributed by atoms with Gasteiger partial charge in [-0.2, -0.15) is 9.97 Å². The van der Waals surface area contributed by atoms with Crippen LogP contribution in [-0.2, 0) is 0 Å². The summed E-state index contributed by atoms with van der Waals surface area (Å²) in [5, 5.41) is 9.73. The first-order valence-corrected chi connectivity index (χ1v) is 4.72. The standard InChI is InChI=1S/C11H10N4O/c1-8-3-2-4-9(10(8)16)5-13-11-14-6-12-7-15-11/h2-7,16H,1H3. The number of aromatic hydroxyl groups is 1. The molecule has 0 spiro atoms. The molecule has 0 saturated heterocycles. The van der Waals surface area contributed by atoms with Crippen molar-refractivity contribution in [2.45, 2.75) is 6.92 Å². The van der Waals surface area contributed by atoms with Crippen LogP contribution in [0.5, 0.6) is 5.75 Å². The lowest BCUT2D eigenvalue weighted by Gasteiger charge is -2.00. The van der Waals surface area contributed by atoms with Gasteiger partial charge < -0.3 is 5.11 Å². The zero-order valence-electron chi connectivity index (χ0n) is 8.70. The number of rotatable bonds is 2. The molecule has 1 aromatic heterocycles. The van der Waals surface area contributed by atoms with Crippen molar-refractivity contribution >= 4 is 12.2 Å². The molecule has 1 heterocycles. The van der Waals surface area contributed by atoms with Crippen molar-refractivity contribution in [2.24, 2.45) is 4.99 Å². The Bertz CT molecular complexity index is 511. The molecule has 80 valence electrons. The molecule has 0 aliphatic rings. The van der Waals surface area contributed by atoms with Gasteiger partial charge in [-0.3, -0.25) is 0 Å². The van der Waals surface area contributed by atoms with Crippen LogP contribution in [0.4, 0.5) is 5.95 Å². The van der Waals surface area contributed by atoms with Gasteiger partial charge in [-0.05, 0) is 18.6 Å². The van der Waals surface area contributed by atoms with E-state index in [2.05, 4.69) is 19.9 Å². The molecule has 0 fully saturated rings. The van der Waals surface area contributed by atoms with Crippen LogP contribution >= 0.6 is 0 Å². The van der Waals surface area contributed by atoms with Gasteiger partial charge in [-0.15, -0.1) is 0 Å². The van der Waals surface area contributed by atoms with Crippen LogP contribution < -0.4 is 0 Å². The highest BCUT2D eigenvalue weighted by Crippen LogP contribution is 2.19.